The van der Waals surface area contributed by atoms with E-state index < -0.39 is 0 Å². The van der Waals surface area contributed by atoms with Crippen LogP contribution in [0.15, 0.2) is 18.2 Å². The van der Waals surface area contributed by atoms with E-state index in [1.165, 1.54) is 4.68 Å². The molecule has 3 N–H and O–H groups in total. The Morgan fingerprint density at radius 1 is 1.46 bits per heavy atom. The molecule has 2 aliphatic heterocycles. The van der Waals surface area contributed by atoms with E-state index in [-0.39, 0.29) is 17.9 Å². The van der Waals surface area contributed by atoms with E-state index in [0.29, 0.717) is 18.8 Å². The number of hydrogen-bond donors (Lipinski definition) is 2. The van der Waals surface area contributed by atoms with Crippen LogP contribution >= 0.6 is 0 Å². The third kappa shape index (κ3) is 2.21. The minimum atomic E-state index is -0.221. The molecule has 0 fully saturated rings. The van der Waals surface area contributed by atoms with Crippen molar-refractivity contribution in [1.82, 2.24) is 9.78 Å². The van der Waals surface area contributed by atoms with Gasteiger partial charge in [0.1, 0.15) is 5.82 Å². The summed E-state index contributed by atoms with van der Waals surface area (Å²) in [6.07, 6.45) is 1.33. The fourth-order valence-electron chi connectivity index (χ4n) is 3.77. The lowest BCUT2D eigenvalue weighted by Gasteiger charge is -2.27. The fraction of sp³-hybridized carbons (Fsp3) is 0.444. The first-order chi connectivity index (χ1) is 11.6. The number of carbonyl (C=O) groups is 1. The van der Waals surface area contributed by atoms with Crippen molar-refractivity contribution in [1.29, 1.82) is 0 Å². The number of nitrogens with zero attached hydrogens (tertiary/aromatic N) is 2. The first kappa shape index (κ1) is 15.2. The molecule has 0 aliphatic carbocycles. The molecule has 6 nitrogen and oxygen atoms in total. The lowest BCUT2D eigenvalue weighted by atomic mass is 9.88. The van der Waals surface area contributed by atoms with E-state index in [9.17, 15) is 4.79 Å². The number of para-hydroxylation sites is 1. The van der Waals surface area contributed by atoms with Crippen molar-refractivity contribution >= 4 is 17.4 Å². The molecule has 2 aromatic rings. The second-order valence-corrected chi connectivity index (χ2v) is 6.57. The van der Waals surface area contributed by atoms with E-state index >= 15 is 0 Å². The molecule has 2 atom stereocenters. The van der Waals surface area contributed by atoms with Gasteiger partial charge < -0.3 is 15.8 Å². The van der Waals surface area contributed by atoms with Gasteiger partial charge in [0.15, 0.2) is 0 Å². The van der Waals surface area contributed by atoms with Crippen LogP contribution in [0.5, 0.6) is 0 Å². The van der Waals surface area contributed by atoms with E-state index in [1.807, 2.05) is 19.1 Å². The van der Waals surface area contributed by atoms with Crippen molar-refractivity contribution in [2.24, 2.45) is 0 Å². The van der Waals surface area contributed by atoms with Crippen molar-refractivity contribution < 1.29 is 9.53 Å². The van der Waals surface area contributed by atoms with Gasteiger partial charge in [-0.1, -0.05) is 18.2 Å². The van der Waals surface area contributed by atoms with Crippen LogP contribution in [0.2, 0.25) is 0 Å². The molecule has 3 heterocycles. The van der Waals surface area contributed by atoms with Crippen LogP contribution < -0.4 is 11.1 Å². The Morgan fingerprint density at radius 2 is 2.29 bits per heavy atom. The molecule has 24 heavy (non-hydrogen) atoms. The summed E-state index contributed by atoms with van der Waals surface area (Å²) in [5.41, 5.74) is 11.3. The van der Waals surface area contributed by atoms with Crippen molar-refractivity contribution in [3.8, 4) is 0 Å². The summed E-state index contributed by atoms with van der Waals surface area (Å²) >= 11 is 0. The number of nitrogen functional groups attached to an aromatic ring is 1. The van der Waals surface area contributed by atoms with Crippen LogP contribution in [0.25, 0.3) is 0 Å². The lowest BCUT2D eigenvalue weighted by molar-refractivity contribution is 0.0524. The van der Waals surface area contributed by atoms with Crippen LogP contribution in [0.4, 0.5) is 11.5 Å². The molecule has 0 saturated heterocycles. The number of carbonyl (C=O) groups excluding carboxylic acids is 1. The maximum atomic E-state index is 13.2. The number of benzene rings is 1. The Kier molecular flexibility index (Phi) is 3.57. The first-order valence-electron chi connectivity index (χ1n) is 8.44. The average Bonchev–Trinajstić information content (AvgIpc) is 2.93. The molecule has 126 valence electrons. The molecule has 0 spiro atoms. The smallest absolute Gasteiger partial charge is 0.256 e. The number of hydrogen-bond acceptors (Lipinski definition) is 5. The van der Waals surface area contributed by atoms with Crippen LogP contribution in [0, 0.1) is 6.92 Å². The van der Waals surface area contributed by atoms with E-state index in [2.05, 4.69) is 23.4 Å². The molecular formula is C18H22N4O2. The maximum absolute atomic E-state index is 13.2. The van der Waals surface area contributed by atoms with Crippen molar-refractivity contribution in [3.05, 3.63) is 40.6 Å². The summed E-state index contributed by atoms with van der Waals surface area (Å²) in [6.45, 7) is 5.39. The van der Waals surface area contributed by atoms with Crippen LogP contribution in [-0.2, 0) is 11.2 Å². The molecule has 4 rings (SSSR count). The summed E-state index contributed by atoms with van der Waals surface area (Å²) in [4.78, 5) is 13.2. The van der Waals surface area contributed by atoms with E-state index in [4.69, 9.17) is 10.5 Å². The van der Waals surface area contributed by atoms with Gasteiger partial charge in [-0.15, -0.1) is 0 Å². The number of aromatic nitrogens is 2. The van der Waals surface area contributed by atoms with Gasteiger partial charge in [-0.2, -0.15) is 9.78 Å². The van der Waals surface area contributed by atoms with Crippen LogP contribution in [0.1, 0.15) is 52.5 Å². The zero-order chi connectivity index (χ0) is 16.8. The average molecular weight is 326 g/mol. The number of fused-ring (bicyclic) bond motifs is 2. The van der Waals surface area contributed by atoms with Crippen LogP contribution in [0.3, 0.4) is 0 Å². The summed E-state index contributed by atoms with van der Waals surface area (Å²) in [7, 11) is 0. The standard InChI is InChI=1S/C18H22N4O2/c1-10-4-3-5-12-13(6-8-20-15(10)12)18(23)22-17(19)14-7-9-24-11(2)16(14)21-22/h3-5,11,13,20H,6-9,19H2,1-2H3. The van der Waals surface area contributed by atoms with Gasteiger partial charge in [0, 0.05) is 24.2 Å². The van der Waals surface area contributed by atoms with Gasteiger partial charge in [0.2, 0.25) is 0 Å². The maximum Gasteiger partial charge on any atom is 0.256 e. The zero-order valence-corrected chi connectivity index (χ0v) is 14.0. The minimum absolute atomic E-state index is 0.0533. The zero-order valence-electron chi connectivity index (χ0n) is 14.0. The molecule has 6 heteroatoms. The molecule has 0 bridgehead atoms. The second-order valence-electron chi connectivity index (χ2n) is 6.57. The Bertz CT molecular complexity index is 812. The summed E-state index contributed by atoms with van der Waals surface area (Å²) in [5.74, 6) is 0.196. The number of aryl methyl sites for hydroxylation is 1. The van der Waals surface area contributed by atoms with E-state index in [0.717, 1.165) is 41.0 Å². The Hall–Kier alpha value is -2.34. The number of nitrogens with two attached hydrogens (primary N) is 1. The van der Waals surface area contributed by atoms with Gasteiger partial charge in [-0.3, -0.25) is 4.79 Å². The molecule has 0 amide bonds. The third-order valence-corrected chi connectivity index (χ3v) is 5.08. The Morgan fingerprint density at radius 3 is 3.08 bits per heavy atom. The number of nitrogens with one attached hydrogen (secondary N) is 1. The topological polar surface area (TPSA) is 82.2 Å². The van der Waals surface area contributed by atoms with Gasteiger partial charge in [-0.25, -0.2) is 0 Å². The summed E-state index contributed by atoms with van der Waals surface area (Å²) < 4.78 is 7.02. The minimum Gasteiger partial charge on any atom is -0.385 e. The highest BCUT2D eigenvalue weighted by Gasteiger charge is 2.33. The van der Waals surface area contributed by atoms with Gasteiger partial charge >= 0.3 is 0 Å². The summed E-state index contributed by atoms with van der Waals surface area (Å²) in [5, 5.41) is 7.90. The van der Waals surface area contributed by atoms with Gasteiger partial charge in [0.05, 0.1) is 24.3 Å². The first-order valence-corrected chi connectivity index (χ1v) is 8.44. The predicted molar refractivity (Wildman–Crippen MR) is 92.4 cm³/mol. The molecular weight excluding hydrogens is 304 g/mol. The number of anilines is 2. The van der Waals surface area contributed by atoms with Crippen LogP contribution in [-0.4, -0.2) is 28.8 Å². The SMILES string of the molecule is Cc1cccc2c1NCCC2C(=O)n1nc2c(c1N)CCOC2C. The molecule has 1 aromatic carbocycles. The Balaban J connectivity index is 1.75. The second kappa shape index (κ2) is 5.63. The van der Waals surface area contributed by atoms with Gasteiger partial charge in [0.25, 0.3) is 5.91 Å². The van der Waals surface area contributed by atoms with Crippen molar-refractivity contribution in [2.45, 2.75) is 38.7 Å². The van der Waals surface area contributed by atoms with Crippen molar-refractivity contribution in [2.75, 3.05) is 24.2 Å². The van der Waals surface area contributed by atoms with E-state index in [1.54, 1.807) is 0 Å². The molecule has 2 unspecified atom stereocenters. The molecule has 0 radical (unpaired) electrons. The highest BCUT2D eigenvalue weighted by molar-refractivity contribution is 5.90. The highest BCUT2D eigenvalue weighted by atomic mass is 16.5. The quantitative estimate of drug-likeness (QED) is 0.842. The van der Waals surface area contributed by atoms with Crippen molar-refractivity contribution in [3.63, 3.8) is 0 Å². The molecule has 2 aliphatic rings. The fourth-order valence-corrected chi connectivity index (χ4v) is 3.77. The monoisotopic (exact) mass is 326 g/mol. The number of rotatable bonds is 1. The Labute approximate surface area is 141 Å². The largest absolute Gasteiger partial charge is 0.385 e. The third-order valence-electron chi connectivity index (χ3n) is 5.08. The lowest BCUT2D eigenvalue weighted by Crippen LogP contribution is -2.28. The summed E-state index contributed by atoms with van der Waals surface area (Å²) in [6, 6.07) is 6.07. The number of ether oxygens (including phenoxy) is 1. The highest BCUT2D eigenvalue weighted by Crippen LogP contribution is 2.36. The molecule has 0 saturated carbocycles. The molecule has 1 aromatic heterocycles. The van der Waals surface area contributed by atoms with Gasteiger partial charge in [-0.05, 0) is 31.4 Å². The normalized spacial score (nSPS) is 22.4. The predicted octanol–water partition coefficient (Wildman–Crippen LogP) is 2.65.